The van der Waals surface area contributed by atoms with Gasteiger partial charge in [0.15, 0.2) is 0 Å². The van der Waals surface area contributed by atoms with Gasteiger partial charge in [0.2, 0.25) is 5.91 Å². The molecule has 0 radical (unpaired) electrons. The first-order valence-electron chi connectivity index (χ1n) is 7.21. The summed E-state index contributed by atoms with van der Waals surface area (Å²) in [6.45, 7) is 0.277. The molecule has 1 atom stereocenters. The maximum Gasteiger partial charge on any atom is 0.253 e. The molecular weight excluding hydrogens is 375 g/mol. The van der Waals surface area contributed by atoms with Crippen molar-refractivity contribution in [2.75, 3.05) is 11.9 Å². The monoisotopic (exact) mass is 388 g/mol. The number of halogens is 2. The maximum atomic E-state index is 12.9. The zero-order valence-electron chi connectivity index (χ0n) is 12.4. The number of hydrogen-bond acceptors (Lipinski definition) is 4. The third kappa shape index (κ3) is 3.46. The summed E-state index contributed by atoms with van der Waals surface area (Å²) in [4.78, 5) is 12.5. The summed E-state index contributed by atoms with van der Waals surface area (Å²) >= 11 is 6.78. The van der Waals surface area contributed by atoms with E-state index in [4.69, 9.17) is 11.6 Å². The molecule has 1 saturated heterocycles. The smallest absolute Gasteiger partial charge is 0.253 e. The van der Waals surface area contributed by atoms with E-state index in [0.29, 0.717) is 22.9 Å². The van der Waals surface area contributed by atoms with Crippen molar-refractivity contribution < 1.29 is 17.6 Å². The number of thiophene rings is 1. The van der Waals surface area contributed by atoms with Crippen LogP contribution in [-0.2, 0) is 14.8 Å². The zero-order valence-corrected chi connectivity index (χ0v) is 14.8. The first-order valence-corrected chi connectivity index (χ1v) is 9.85. The third-order valence-electron chi connectivity index (χ3n) is 3.73. The van der Waals surface area contributed by atoms with E-state index in [9.17, 15) is 17.6 Å². The Morgan fingerprint density at radius 1 is 1.25 bits per heavy atom. The molecule has 1 fully saturated rings. The molecular formula is C15H14ClFN2O3S2. The van der Waals surface area contributed by atoms with E-state index < -0.39 is 27.8 Å². The van der Waals surface area contributed by atoms with Gasteiger partial charge in [-0.2, -0.15) is 4.31 Å². The fourth-order valence-electron chi connectivity index (χ4n) is 2.60. The van der Waals surface area contributed by atoms with Gasteiger partial charge in [-0.3, -0.25) is 4.79 Å². The van der Waals surface area contributed by atoms with Crippen LogP contribution in [0.2, 0.25) is 4.34 Å². The Hall–Kier alpha value is -1.48. The summed E-state index contributed by atoms with van der Waals surface area (Å²) in [5.74, 6) is -0.835. The topological polar surface area (TPSA) is 66.5 Å². The van der Waals surface area contributed by atoms with Gasteiger partial charge in [-0.15, -0.1) is 11.3 Å². The molecule has 3 rings (SSSR count). The van der Waals surface area contributed by atoms with Gasteiger partial charge in [-0.25, -0.2) is 12.8 Å². The summed E-state index contributed by atoms with van der Waals surface area (Å²) in [7, 11) is -3.76. The molecule has 0 spiro atoms. The molecule has 1 aliphatic heterocycles. The second-order valence-corrected chi connectivity index (χ2v) is 9.16. The van der Waals surface area contributed by atoms with Crippen LogP contribution in [0, 0.1) is 5.82 Å². The van der Waals surface area contributed by atoms with Crippen LogP contribution in [0.15, 0.2) is 40.6 Å². The molecule has 5 nitrogen and oxygen atoms in total. The lowest BCUT2D eigenvalue weighted by molar-refractivity contribution is -0.119. The summed E-state index contributed by atoms with van der Waals surface area (Å²) < 4.78 is 40.0. The molecule has 0 bridgehead atoms. The number of nitrogens with one attached hydrogen (secondary N) is 1. The van der Waals surface area contributed by atoms with E-state index in [0.717, 1.165) is 11.3 Å². The lowest BCUT2D eigenvalue weighted by Gasteiger charge is -2.22. The molecule has 2 heterocycles. The van der Waals surface area contributed by atoms with E-state index >= 15 is 0 Å². The van der Waals surface area contributed by atoms with Crippen molar-refractivity contribution in [1.29, 1.82) is 0 Å². The predicted octanol–water partition coefficient (Wildman–Crippen LogP) is 3.33. The molecule has 128 valence electrons. The van der Waals surface area contributed by atoms with E-state index in [-0.39, 0.29) is 10.8 Å². The lowest BCUT2D eigenvalue weighted by atomic mass is 10.2. The van der Waals surface area contributed by atoms with Crippen LogP contribution < -0.4 is 5.32 Å². The van der Waals surface area contributed by atoms with Crippen molar-refractivity contribution in [3.8, 4) is 0 Å². The van der Waals surface area contributed by atoms with E-state index in [1.165, 1.54) is 40.7 Å². The van der Waals surface area contributed by atoms with Crippen LogP contribution >= 0.6 is 22.9 Å². The molecule has 0 saturated carbocycles. The van der Waals surface area contributed by atoms with Gasteiger partial charge in [0.05, 0.1) is 4.34 Å². The average molecular weight is 389 g/mol. The van der Waals surface area contributed by atoms with Gasteiger partial charge in [-0.1, -0.05) is 11.6 Å². The quantitative estimate of drug-likeness (QED) is 0.873. The standard InChI is InChI=1S/C15H14ClFN2O3S2/c16-13-7-8-14(23-13)24(21,22)19-9-1-2-12(19)15(20)18-11-5-3-10(17)4-6-11/h3-8,12H,1-2,9H2,(H,18,20)/t12-/m0/s1. The number of carbonyl (C=O) groups is 1. The van der Waals surface area contributed by atoms with Crippen LogP contribution in [0.3, 0.4) is 0 Å². The minimum atomic E-state index is -3.76. The van der Waals surface area contributed by atoms with Gasteiger partial charge < -0.3 is 5.32 Å². The molecule has 24 heavy (non-hydrogen) atoms. The molecule has 1 aliphatic rings. The Labute approximate surface area is 148 Å². The summed E-state index contributed by atoms with van der Waals surface area (Å²) in [6.07, 6.45) is 1.03. The number of benzene rings is 1. The molecule has 1 amide bonds. The number of nitrogens with zero attached hydrogens (tertiary/aromatic N) is 1. The van der Waals surface area contributed by atoms with Gasteiger partial charge in [-0.05, 0) is 49.2 Å². The van der Waals surface area contributed by atoms with Crippen LogP contribution in [0.25, 0.3) is 0 Å². The fraction of sp³-hybridized carbons (Fsp3) is 0.267. The van der Waals surface area contributed by atoms with Gasteiger partial charge >= 0.3 is 0 Å². The van der Waals surface area contributed by atoms with Crippen molar-refractivity contribution in [1.82, 2.24) is 4.31 Å². The van der Waals surface area contributed by atoms with Gasteiger partial charge in [0, 0.05) is 12.2 Å². The number of amides is 1. The molecule has 1 aromatic heterocycles. The largest absolute Gasteiger partial charge is 0.325 e. The van der Waals surface area contributed by atoms with Crippen molar-refractivity contribution in [2.45, 2.75) is 23.1 Å². The van der Waals surface area contributed by atoms with Crippen molar-refractivity contribution in [3.05, 3.63) is 46.6 Å². The molecule has 2 aromatic rings. The Morgan fingerprint density at radius 2 is 1.96 bits per heavy atom. The molecule has 9 heteroatoms. The van der Waals surface area contributed by atoms with Crippen LogP contribution in [0.1, 0.15) is 12.8 Å². The van der Waals surface area contributed by atoms with Crippen LogP contribution in [-0.4, -0.2) is 31.2 Å². The first kappa shape index (κ1) is 17.3. The SMILES string of the molecule is O=C(Nc1ccc(F)cc1)[C@@H]1CCCN1S(=O)(=O)c1ccc(Cl)s1. The highest BCUT2D eigenvalue weighted by Gasteiger charge is 2.40. The van der Waals surface area contributed by atoms with Gasteiger partial charge in [0.25, 0.3) is 10.0 Å². The minimum Gasteiger partial charge on any atom is -0.325 e. The number of hydrogen-bond donors (Lipinski definition) is 1. The van der Waals surface area contributed by atoms with Crippen molar-refractivity contribution in [2.24, 2.45) is 0 Å². The zero-order chi connectivity index (χ0) is 17.3. The molecule has 1 aromatic carbocycles. The summed E-state index contributed by atoms with van der Waals surface area (Å²) in [5.41, 5.74) is 0.421. The Bertz CT molecular complexity index is 852. The lowest BCUT2D eigenvalue weighted by Crippen LogP contribution is -2.42. The fourth-order valence-corrected chi connectivity index (χ4v) is 5.87. The molecule has 0 aliphatic carbocycles. The number of carbonyl (C=O) groups excluding carboxylic acids is 1. The Morgan fingerprint density at radius 3 is 2.58 bits per heavy atom. The highest BCUT2D eigenvalue weighted by molar-refractivity contribution is 7.91. The second kappa shape index (κ2) is 6.79. The van der Waals surface area contributed by atoms with E-state index in [2.05, 4.69) is 5.32 Å². The van der Waals surface area contributed by atoms with Crippen molar-refractivity contribution in [3.63, 3.8) is 0 Å². The average Bonchev–Trinajstić information content (AvgIpc) is 3.19. The highest BCUT2D eigenvalue weighted by atomic mass is 35.5. The second-order valence-electron chi connectivity index (χ2n) is 5.33. The summed E-state index contributed by atoms with van der Waals surface area (Å²) in [6, 6.07) is 7.48. The Kier molecular flexibility index (Phi) is 4.91. The number of sulfonamides is 1. The first-order chi connectivity index (χ1) is 11.4. The van der Waals surface area contributed by atoms with Gasteiger partial charge in [0.1, 0.15) is 16.1 Å². The van der Waals surface area contributed by atoms with Crippen LogP contribution in [0.4, 0.5) is 10.1 Å². The van der Waals surface area contributed by atoms with E-state index in [1.54, 1.807) is 0 Å². The van der Waals surface area contributed by atoms with E-state index in [1.807, 2.05) is 0 Å². The third-order valence-corrected chi connectivity index (χ3v) is 7.34. The van der Waals surface area contributed by atoms with Crippen LogP contribution in [0.5, 0.6) is 0 Å². The maximum absolute atomic E-state index is 12.9. The minimum absolute atomic E-state index is 0.119. The number of rotatable bonds is 4. The highest BCUT2D eigenvalue weighted by Crippen LogP contribution is 2.32. The normalized spacial score (nSPS) is 18.7. The Balaban J connectivity index is 1.80. The number of anilines is 1. The molecule has 0 unspecified atom stereocenters. The molecule has 1 N–H and O–H groups in total. The van der Waals surface area contributed by atoms with Crippen molar-refractivity contribution >= 4 is 44.6 Å². The summed E-state index contributed by atoms with van der Waals surface area (Å²) in [5, 5.41) is 2.64. The predicted molar refractivity (Wildman–Crippen MR) is 91.3 cm³/mol.